The Bertz CT molecular complexity index is 998. The number of hydrogen-bond acceptors (Lipinski definition) is 8. The fourth-order valence-corrected chi connectivity index (χ4v) is 3.70. The normalized spacial score (nSPS) is 17.5. The summed E-state index contributed by atoms with van der Waals surface area (Å²) in [6.45, 7) is 0. The first kappa shape index (κ1) is 21.9. The number of nitrogens with one attached hydrogen (secondary N) is 2. The molecule has 0 radical (unpaired) electrons. The number of ether oxygens (including phenoxy) is 6. The minimum absolute atomic E-state index is 0.216. The summed E-state index contributed by atoms with van der Waals surface area (Å²) < 4.78 is 32.6. The average molecular weight is 432 g/mol. The first-order valence-electron chi connectivity index (χ1n) is 9.15. The van der Waals surface area contributed by atoms with Gasteiger partial charge in [-0.25, -0.2) is 4.79 Å². The molecule has 0 aliphatic carbocycles. The minimum Gasteiger partial charge on any atom is -0.493 e. The van der Waals surface area contributed by atoms with E-state index in [1.54, 1.807) is 24.3 Å². The second kappa shape index (κ2) is 8.50. The number of benzene rings is 2. The third kappa shape index (κ3) is 3.29. The van der Waals surface area contributed by atoms with Gasteiger partial charge < -0.3 is 33.7 Å². The predicted molar refractivity (Wildman–Crippen MR) is 110 cm³/mol. The van der Waals surface area contributed by atoms with Crippen molar-refractivity contribution in [2.75, 3.05) is 42.7 Å². The monoisotopic (exact) mass is 432 g/mol. The lowest BCUT2D eigenvalue weighted by atomic mass is 9.81. The van der Waals surface area contributed by atoms with Crippen molar-refractivity contribution in [1.29, 1.82) is 0 Å². The van der Waals surface area contributed by atoms with E-state index in [4.69, 9.17) is 28.4 Å². The topological polar surface area (TPSA) is 114 Å². The molecule has 2 aromatic rings. The summed E-state index contributed by atoms with van der Waals surface area (Å²) in [4.78, 5) is 25.5. The lowest BCUT2D eigenvalue weighted by Gasteiger charge is -2.30. The van der Waals surface area contributed by atoms with Gasteiger partial charge in [0.1, 0.15) is 0 Å². The minimum atomic E-state index is -1.67. The number of methoxy groups -OCH3 is 6. The molecule has 1 atom stereocenters. The first-order chi connectivity index (χ1) is 14.9. The Morgan fingerprint density at radius 2 is 1.23 bits per heavy atom. The Kier molecular flexibility index (Phi) is 6.00. The van der Waals surface area contributed by atoms with Crippen molar-refractivity contribution >= 4 is 11.9 Å². The second-order valence-corrected chi connectivity index (χ2v) is 6.45. The highest BCUT2D eigenvalue weighted by atomic mass is 16.5. The molecule has 0 saturated carbocycles. The van der Waals surface area contributed by atoms with Gasteiger partial charge in [0.15, 0.2) is 28.5 Å². The molecule has 1 fully saturated rings. The zero-order valence-corrected chi connectivity index (χ0v) is 18.1. The molecule has 3 amide bonds. The van der Waals surface area contributed by atoms with Crippen molar-refractivity contribution in [3.63, 3.8) is 0 Å². The maximum Gasteiger partial charge on any atom is 0.322 e. The van der Waals surface area contributed by atoms with E-state index < -0.39 is 17.5 Å². The Morgan fingerprint density at radius 1 is 0.677 bits per heavy atom. The summed E-state index contributed by atoms with van der Waals surface area (Å²) in [6.07, 6.45) is 0. The Hall–Kier alpha value is -3.82. The molecule has 10 nitrogen and oxygen atoms in total. The van der Waals surface area contributed by atoms with Gasteiger partial charge in [-0.3, -0.25) is 10.1 Å². The van der Waals surface area contributed by atoms with E-state index in [0.717, 1.165) is 0 Å². The van der Waals surface area contributed by atoms with E-state index in [1.165, 1.54) is 42.7 Å². The van der Waals surface area contributed by atoms with Crippen molar-refractivity contribution in [1.82, 2.24) is 10.6 Å². The van der Waals surface area contributed by atoms with Gasteiger partial charge >= 0.3 is 6.03 Å². The fourth-order valence-electron chi connectivity index (χ4n) is 3.70. The maximum absolute atomic E-state index is 13.2. The quantitative estimate of drug-likeness (QED) is 0.608. The standard InChI is InChI=1S/C21H24N2O8/c1-26-13-8-7-12(16(29-4)18(13)31-6)21(19(24)22-20(25)23-21)11-9-14(27-2)17(30-5)15(10-11)28-3/h7-10H,1-6H3,(H2,22,23,24,25). The SMILES string of the molecule is COc1cc(C2(c3ccc(OC)c(OC)c3OC)NC(=O)NC2=O)cc(OC)c1OC. The van der Waals surface area contributed by atoms with Crippen molar-refractivity contribution in [2.45, 2.75) is 5.54 Å². The number of urea groups is 1. The van der Waals surface area contributed by atoms with Crippen molar-refractivity contribution < 1.29 is 38.0 Å². The van der Waals surface area contributed by atoms with Gasteiger partial charge in [0.05, 0.1) is 42.7 Å². The summed E-state index contributed by atoms with van der Waals surface area (Å²) in [7, 11) is 8.74. The number of imide groups is 1. The summed E-state index contributed by atoms with van der Waals surface area (Å²) in [5, 5.41) is 5.02. The number of carbonyl (C=O) groups excluding carboxylic acids is 2. The highest BCUT2D eigenvalue weighted by Crippen LogP contribution is 2.49. The van der Waals surface area contributed by atoms with Gasteiger partial charge in [0, 0.05) is 5.56 Å². The molecule has 0 spiro atoms. The molecule has 0 bridgehead atoms. The van der Waals surface area contributed by atoms with Crippen molar-refractivity contribution in [3.05, 3.63) is 35.4 Å². The lowest BCUT2D eigenvalue weighted by Crippen LogP contribution is -2.45. The van der Waals surface area contributed by atoms with Crippen LogP contribution in [0.4, 0.5) is 4.79 Å². The van der Waals surface area contributed by atoms with Crippen LogP contribution in [-0.2, 0) is 10.3 Å². The van der Waals surface area contributed by atoms with Crippen LogP contribution in [-0.4, -0.2) is 54.6 Å². The first-order valence-corrected chi connectivity index (χ1v) is 9.15. The highest BCUT2D eigenvalue weighted by molar-refractivity contribution is 6.10. The number of rotatable bonds is 8. The van der Waals surface area contributed by atoms with Gasteiger partial charge in [-0.1, -0.05) is 0 Å². The third-order valence-corrected chi connectivity index (χ3v) is 5.07. The largest absolute Gasteiger partial charge is 0.493 e. The zero-order chi connectivity index (χ0) is 22.8. The van der Waals surface area contributed by atoms with Crippen LogP contribution >= 0.6 is 0 Å². The highest BCUT2D eigenvalue weighted by Gasteiger charge is 2.52. The molecular formula is C21H24N2O8. The van der Waals surface area contributed by atoms with Crippen LogP contribution in [0.1, 0.15) is 11.1 Å². The number of carbonyl (C=O) groups is 2. The molecule has 1 aliphatic heterocycles. The number of amides is 3. The Balaban J connectivity index is 2.40. The van der Waals surface area contributed by atoms with Crippen LogP contribution in [0, 0.1) is 0 Å². The lowest BCUT2D eigenvalue weighted by molar-refractivity contribution is -0.122. The molecule has 1 saturated heterocycles. The van der Waals surface area contributed by atoms with E-state index in [-0.39, 0.29) is 11.5 Å². The van der Waals surface area contributed by atoms with Crippen molar-refractivity contribution in [3.8, 4) is 34.5 Å². The molecule has 2 aromatic carbocycles. The van der Waals surface area contributed by atoms with Gasteiger partial charge in [-0.15, -0.1) is 0 Å². The zero-order valence-electron chi connectivity index (χ0n) is 18.1. The molecule has 31 heavy (non-hydrogen) atoms. The molecule has 2 N–H and O–H groups in total. The summed E-state index contributed by atoms with van der Waals surface area (Å²) in [5.41, 5.74) is -0.990. The van der Waals surface area contributed by atoms with Crippen LogP contribution in [0.5, 0.6) is 34.5 Å². The molecule has 166 valence electrons. The summed E-state index contributed by atoms with van der Waals surface area (Å²) >= 11 is 0. The molecule has 1 heterocycles. The van der Waals surface area contributed by atoms with E-state index >= 15 is 0 Å². The smallest absolute Gasteiger partial charge is 0.322 e. The average Bonchev–Trinajstić information content (AvgIpc) is 3.10. The van der Waals surface area contributed by atoms with E-state index in [0.29, 0.717) is 34.1 Å². The molecule has 1 unspecified atom stereocenters. The van der Waals surface area contributed by atoms with Gasteiger partial charge in [0.25, 0.3) is 5.91 Å². The number of hydrogen-bond donors (Lipinski definition) is 2. The van der Waals surface area contributed by atoms with Crippen LogP contribution in [0.2, 0.25) is 0 Å². The Labute approximate surface area is 179 Å². The van der Waals surface area contributed by atoms with E-state index in [2.05, 4.69) is 10.6 Å². The summed E-state index contributed by atoms with van der Waals surface area (Å²) in [6, 6.07) is 5.74. The molecule has 0 aromatic heterocycles. The van der Waals surface area contributed by atoms with Gasteiger partial charge in [0.2, 0.25) is 11.5 Å². The molecule has 10 heteroatoms. The van der Waals surface area contributed by atoms with Gasteiger partial charge in [-0.05, 0) is 29.8 Å². The maximum atomic E-state index is 13.2. The van der Waals surface area contributed by atoms with E-state index in [1.807, 2.05) is 0 Å². The second-order valence-electron chi connectivity index (χ2n) is 6.45. The molecular weight excluding hydrogens is 408 g/mol. The van der Waals surface area contributed by atoms with Crippen molar-refractivity contribution in [2.24, 2.45) is 0 Å². The van der Waals surface area contributed by atoms with E-state index in [9.17, 15) is 9.59 Å². The van der Waals surface area contributed by atoms with Gasteiger partial charge in [-0.2, -0.15) is 0 Å². The molecule has 3 rings (SSSR count). The van der Waals surface area contributed by atoms with Crippen LogP contribution in [0.15, 0.2) is 24.3 Å². The summed E-state index contributed by atoms with van der Waals surface area (Å²) in [5.74, 6) is 1.23. The molecule has 1 aliphatic rings. The third-order valence-electron chi connectivity index (χ3n) is 5.07. The predicted octanol–water partition coefficient (Wildman–Crippen LogP) is 1.82. The van der Waals surface area contributed by atoms with Crippen LogP contribution in [0.3, 0.4) is 0 Å². The fraction of sp³-hybridized carbons (Fsp3) is 0.333. The van der Waals surface area contributed by atoms with Crippen LogP contribution in [0.25, 0.3) is 0 Å². The Morgan fingerprint density at radius 3 is 1.65 bits per heavy atom. The van der Waals surface area contributed by atoms with Crippen LogP contribution < -0.4 is 39.1 Å².